The van der Waals surface area contributed by atoms with Gasteiger partial charge in [-0.1, -0.05) is 83.8 Å². The molecule has 7 rings (SSSR count). The molecule has 9 nitrogen and oxygen atoms in total. The van der Waals surface area contributed by atoms with Crippen molar-refractivity contribution in [3.05, 3.63) is 154 Å². The number of benzene rings is 4. The molecule has 57 heavy (non-hydrogen) atoms. The lowest BCUT2D eigenvalue weighted by molar-refractivity contribution is -0.669. The third kappa shape index (κ3) is 10.3. The Labute approximate surface area is 343 Å². The lowest BCUT2D eigenvalue weighted by Crippen LogP contribution is -2.35. The number of thioether (sulfide) groups is 1. The van der Waals surface area contributed by atoms with Crippen LogP contribution in [0.1, 0.15) is 49.1 Å². The molecule has 0 unspecified atom stereocenters. The van der Waals surface area contributed by atoms with Crippen LogP contribution in [0.15, 0.2) is 148 Å². The molecule has 0 saturated heterocycles. The number of aromatic nitrogens is 1. The van der Waals surface area contributed by atoms with Crippen LogP contribution in [-0.4, -0.2) is 44.0 Å². The van der Waals surface area contributed by atoms with Crippen molar-refractivity contribution in [3.63, 3.8) is 0 Å². The van der Waals surface area contributed by atoms with E-state index in [-0.39, 0.29) is 11.5 Å². The van der Waals surface area contributed by atoms with Crippen LogP contribution in [0, 0.1) is 6.92 Å². The van der Waals surface area contributed by atoms with Crippen LogP contribution in [0.3, 0.4) is 0 Å². The Morgan fingerprint density at radius 1 is 0.754 bits per heavy atom. The van der Waals surface area contributed by atoms with Crippen LogP contribution in [0.5, 0.6) is 0 Å². The number of hydrogen-bond donors (Lipinski definition) is 2. The van der Waals surface area contributed by atoms with Gasteiger partial charge in [-0.05, 0) is 110 Å². The molecule has 0 atom stereocenters. The predicted octanol–water partition coefficient (Wildman–Crippen LogP) is 10.1. The van der Waals surface area contributed by atoms with Gasteiger partial charge < -0.3 is 9.80 Å². The molecule has 2 N–H and O–H groups in total. The summed E-state index contributed by atoms with van der Waals surface area (Å²) < 4.78 is 67.8. The summed E-state index contributed by atoms with van der Waals surface area (Å²) >= 11 is 3.40. The molecule has 296 valence electrons. The summed E-state index contributed by atoms with van der Waals surface area (Å²) in [6, 6.07) is 35.4. The van der Waals surface area contributed by atoms with E-state index in [2.05, 4.69) is 124 Å². The van der Waals surface area contributed by atoms with Crippen molar-refractivity contribution in [2.24, 2.45) is 0 Å². The summed E-state index contributed by atoms with van der Waals surface area (Å²) in [5.41, 5.74) is 8.90. The van der Waals surface area contributed by atoms with Gasteiger partial charge in [-0.15, -0.1) is 0 Å². The van der Waals surface area contributed by atoms with E-state index in [1.54, 1.807) is 23.1 Å². The van der Waals surface area contributed by atoms with E-state index in [9.17, 15) is 25.9 Å². The van der Waals surface area contributed by atoms with Gasteiger partial charge in [0.1, 0.15) is 4.70 Å². The Hall–Kier alpha value is -4.50. The van der Waals surface area contributed by atoms with Crippen LogP contribution in [0.25, 0.3) is 16.3 Å². The van der Waals surface area contributed by atoms with Gasteiger partial charge in [-0.3, -0.25) is 9.11 Å². The van der Waals surface area contributed by atoms with Gasteiger partial charge in [0, 0.05) is 41.4 Å². The fourth-order valence-corrected chi connectivity index (χ4v) is 10.6. The van der Waals surface area contributed by atoms with Crippen molar-refractivity contribution >= 4 is 76.7 Å². The van der Waals surface area contributed by atoms with Gasteiger partial charge in [0.2, 0.25) is 5.52 Å². The van der Waals surface area contributed by atoms with E-state index in [1.807, 2.05) is 24.3 Å². The number of hydrogen-bond acceptors (Lipinski definition) is 8. The number of anilines is 3. The number of allylic oxidation sites excluding steroid dienone is 5. The highest BCUT2D eigenvalue weighted by atomic mass is 32.2. The molecule has 0 amide bonds. The Bertz CT molecular complexity index is 2540. The van der Waals surface area contributed by atoms with Crippen molar-refractivity contribution in [2.45, 2.75) is 56.9 Å². The highest BCUT2D eigenvalue weighted by Crippen LogP contribution is 2.47. The monoisotopic (exact) mass is 840 g/mol. The third-order valence-electron chi connectivity index (χ3n) is 9.97. The van der Waals surface area contributed by atoms with Gasteiger partial charge in [0.15, 0.2) is 6.54 Å². The maximum absolute atomic E-state index is 11.4. The Morgan fingerprint density at radius 3 is 2.09 bits per heavy atom. The lowest BCUT2D eigenvalue weighted by atomic mass is 10.1. The highest BCUT2D eigenvalue weighted by Gasteiger charge is 2.28. The lowest BCUT2D eigenvalue weighted by Gasteiger charge is -2.28. The van der Waals surface area contributed by atoms with Crippen LogP contribution < -0.4 is 14.4 Å². The highest BCUT2D eigenvalue weighted by molar-refractivity contribution is 8.03. The van der Waals surface area contributed by atoms with Gasteiger partial charge in [-0.25, -0.2) is 0 Å². The van der Waals surface area contributed by atoms with E-state index < -0.39 is 20.2 Å². The van der Waals surface area contributed by atoms with E-state index in [4.69, 9.17) is 0 Å². The molecule has 0 radical (unpaired) electrons. The first-order valence-corrected chi connectivity index (χ1v) is 23.9. The van der Waals surface area contributed by atoms with Crippen LogP contribution >= 0.6 is 23.1 Å². The van der Waals surface area contributed by atoms with E-state index in [0.29, 0.717) is 38.8 Å². The molecule has 1 aromatic heterocycles. The SMILES string of the molecule is Cc1ccc2sc(/C=C/C3=C(N(c4ccccc4)c4ccccc4)C(=C/C=C4\Sc5ccccc5N4CCCCS(=O)(=O)O)/CC3)[n+](CCCCS(=O)(=O)O)c2c1. The maximum Gasteiger partial charge on any atom is 0.264 e. The first-order chi connectivity index (χ1) is 27.4. The molecule has 2 heterocycles. The number of thiazole rings is 1. The zero-order valence-electron chi connectivity index (χ0n) is 31.7. The molecule has 1 aliphatic heterocycles. The number of fused-ring (bicyclic) bond motifs is 2. The van der Waals surface area contributed by atoms with Gasteiger partial charge in [0.05, 0.1) is 27.9 Å². The fourth-order valence-electron chi connectivity index (χ4n) is 7.31. The molecular formula is C44H46N3O6S4+. The average Bonchev–Trinajstić information content (AvgIpc) is 3.86. The summed E-state index contributed by atoms with van der Waals surface area (Å²) in [5, 5.41) is 2.12. The minimum Gasteiger partial charge on any atom is -0.335 e. The van der Waals surface area contributed by atoms with Crippen molar-refractivity contribution in [1.82, 2.24) is 0 Å². The zero-order chi connectivity index (χ0) is 40.0. The molecule has 2 aliphatic rings. The number of nitrogens with zero attached hydrogens (tertiary/aromatic N) is 3. The smallest absolute Gasteiger partial charge is 0.264 e. The molecule has 5 aromatic rings. The summed E-state index contributed by atoms with van der Waals surface area (Å²) in [7, 11) is -8.04. The Balaban J connectivity index is 1.29. The predicted molar refractivity (Wildman–Crippen MR) is 234 cm³/mol. The summed E-state index contributed by atoms with van der Waals surface area (Å²) in [6.45, 7) is 3.31. The minimum atomic E-state index is -4.02. The number of rotatable bonds is 16. The summed E-state index contributed by atoms with van der Waals surface area (Å²) in [4.78, 5) is 5.71. The molecule has 1 aliphatic carbocycles. The van der Waals surface area contributed by atoms with Gasteiger partial charge in [-0.2, -0.15) is 21.4 Å². The van der Waals surface area contributed by atoms with Crippen molar-refractivity contribution in [2.75, 3.05) is 27.9 Å². The second-order valence-electron chi connectivity index (χ2n) is 14.2. The Kier molecular flexibility index (Phi) is 12.8. The van der Waals surface area contributed by atoms with Crippen LogP contribution in [0.2, 0.25) is 0 Å². The van der Waals surface area contributed by atoms with Crippen molar-refractivity contribution < 1.29 is 30.5 Å². The topological polar surface area (TPSA) is 119 Å². The molecule has 4 aromatic carbocycles. The largest absolute Gasteiger partial charge is 0.335 e. The molecule has 13 heteroatoms. The second kappa shape index (κ2) is 18.0. The third-order valence-corrected chi connectivity index (χ3v) is 13.8. The standard InChI is InChI=1S/C44H45N3O6S4/c1-33-20-25-41-39(32-33)46(29-11-13-31-57(51,52)53)43(55-41)27-24-35-22-21-34(44(35)47(36-14-4-2-5-15-36)37-16-6-3-7-17-37)23-26-42-45(28-10-12-30-56(48,49)50)38-18-8-9-19-40(38)54-42/h2-9,14-20,23-27,32H,10-13,21-22,28-31H2,1H3,(H-,48,49,50,51,52,53)/p+1. The average molecular weight is 841 g/mol. The van der Waals surface area contributed by atoms with E-state index in [0.717, 1.165) is 66.3 Å². The quantitative estimate of drug-likeness (QED) is 0.0569. The first-order valence-electron chi connectivity index (χ1n) is 19.0. The second-order valence-corrected chi connectivity index (χ2v) is 19.4. The van der Waals surface area contributed by atoms with Crippen molar-refractivity contribution in [3.8, 4) is 0 Å². The maximum atomic E-state index is 11.4. The van der Waals surface area contributed by atoms with Crippen LogP contribution in [0.4, 0.5) is 17.1 Å². The number of unbranched alkanes of at least 4 members (excludes halogenated alkanes) is 2. The van der Waals surface area contributed by atoms with Gasteiger partial charge in [0.25, 0.3) is 25.2 Å². The molecule has 0 saturated carbocycles. The zero-order valence-corrected chi connectivity index (χ0v) is 35.0. The number of aryl methyl sites for hydroxylation is 2. The summed E-state index contributed by atoms with van der Waals surface area (Å²) in [6.07, 6.45) is 12.4. The molecule has 0 fully saturated rings. The summed E-state index contributed by atoms with van der Waals surface area (Å²) in [5.74, 6) is -0.514. The number of para-hydroxylation sites is 3. The molecular weight excluding hydrogens is 795 g/mol. The fraction of sp³-hybridized carbons (Fsp3) is 0.250. The Morgan fingerprint density at radius 2 is 1.40 bits per heavy atom. The van der Waals surface area contributed by atoms with Crippen molar-refractivity contribution in [1.29, 1.82) is 0 Å². The molecule has 0 bridgehead atoms. The van der Waals surface area contributed by atoms with E-state index >= 15 is 0 Å². The van der Waals surface area contributed by atoms with E-state index in [1.165, 1.54) is 11.1 Å². The minimum absolute atomic E-state index is 0.257. The normalized spacial score (nSPS) is 16.2. The molecule has 0 spiro atoms. The van der Waals surface area contributed by atoms with Gasteiger partial charge >= 0.3 is 0 Å². The first kappa shape index (κ1) is 40.7. The van der Waals surface area contributed by atoms with Crippen LogP contribution in [-0.2, 0) is 26.8 Å².